The number of rotatable bonds is 1. The Bertz CT molecular complexity index is 483. The molecule has 0 aliphatic heterocycles. The molecule has 5 heteroatoms. The van der Waals surface area contributed by atoms with E-state index in [1.165, 1.54) is 11.3 Å². The summed E-state index contributed by atoms with van der Waals surface area (Å²) in [4.78, 5) is 13.1. The van der Waals surface area contributed by atoms with Crippen LogP contribution in [-0.2, 0) is 0 Å². The van der Waals surface area contributed by atoms with Gasteiger partial charge in [0.25, 0.3) is 0 Å². The molecule has 0 aliphatic carbocycles. The minimum absolute atomic E-state index is 0.461. The Morgan fingerprint density at radius 3 is 2.86 bits per heavy atom. The maximum atomic E-state index is 8.68. The predicted molar refractivity (Wildman–Crippen MR) is 52.6 cm³/mol. The summed E-state index contributed by atoms with van der Waals surface area (Å²) >= 11 is 1.34. The Morgan fingerprint density at radius 2 is 2.29 bits per heavy atom. The maximum absolute atomic E-state index is 8.68. The molecule has 4 nitrogen and oxygen atoms in total. The second-order valence-electron chi connectivity index (χ2n) is 2.64. The van der Waals surface area contributed by atoms with Gasteiger partial charge in [-0.3, -0.25) is 9.97 Å². The number of hydrogen-bond acceptors (Lipinski definition) is 5. The molecule has 14 heavy (non-hydrogen) atoms. The number of aryl methyl sites for hydroxylation is 1. The normalized spacial score (nSPS) is 9.71. The van der Waals surface area contributed by atoms with Crippen molar-refractivity contribution in [3.8, 4) is 16.6 Å². The van der Waals surface area contributed by atoms with E-state index in [4.69, 9.17) is 5.26 Å². The monoisotopic (exact) mass is 202 g/mol. The van der Waals surface area contributed by atoms with Crippen molar-refractivity contribution in [3.63, 3.8) is 0 Å². The number of hydrogen-bond donors (Lipinski definition) is 0. The van der Waals surface area contributed by atoms with Gasteiger partial charge < -0.3 is 0 Å². The Hall–Kier alpha value is -1.80. The van der Waals surface area contributed by atoms with E-state index in [9.17, 15) is 0 Å². The van der Waals surface area contributed by atoms with Gasteiger partial charge in [-0.25, -0.2) is 4.98 Å². The van der Waals surface area contributed by atoms with E-state index >= 15 is 0 Å². The average molecular weight is 202 g/mol. The quantitative estimate of drug-likeness (QED) is 0.707. The van der Waals surface area contributed by atoms with Gasteiger partial charge in [0.1, 0.15) is 11.8 Å². The molecule has 0 bridgehead atoms. The molecule has 0 unspecified atom stereocenters. The summed E-state index contributed by atoms with van der Waals surface area (Å²) in [5.41, 5.74) is 1.59. The summed E-state index contributed by atoms with van der Waals surface area (Å²) in [6, 6.07) is 2.02. The molecule has 0 aliphatic rings. The molecule has 0 aromatic carbocycles. The summed E-state index contributed by atoms with van der Waals surface area (Å²) in [6.07, 6.45) is 4.91. The Kier molecular flexibility index (Phi) is 2.21. The van der Waals surface area contributed by atoms with Crippen LogP contribution in [0.2, 0.25) is 0 Å². The second kappa shape index (κ2) is 3.52. The molecule has 0 fully saturated rings. The van der Waals surface area contributed by atoms with Crippen LogP contribution in [0.5, 0.6) is 0 Å². The standard InChI is InChI=1S/C9H6N4S/c1-6-9(14-8(4-10)13-6)7-5-11-2-3-12-7/h2-3,5H,1H3. The Morgan fingerprint density at radius 1 is 1.43 bits per heavy atom. The van der Waals surface area contributed by atoms with Gasteiger partial charge in [-0.05, 0) is 6.92 Å². The summed E-state index contributed by atoms with van der Waals surface area (Å²) in [5.74, 6) is 0. The van der Waals surface area contributed by atoms with Crippen LogP contribution < -0.4 is 0 Å². The highest BCUT2D eigenvalue weighted by Crippen LogP contribution is 2.27. The van der Waals surface area contributed by atoms with Gasteiger partial charge >= 0.3 is 0 Å². The highest BCUT2D eigenvalue weighted by Gasteiger charge is 2.09. The molecular weight excluding hydrogens is 196 g/mol. The molecule has 0 spiro atoms. The lowest BCUT2D eigenvalue weighted by atomic mass is 10.3. The van der Waals surface area contributed by atoms with Crippen LogP contribution >= 0.6 is 11.3 Å². The SMILES string of the molecule is Cc1nc(C#N)sc1-c1cnccn1. The van der Waals surface area contributed by atoms with Crippen molar-refractivity contribution < 1.29 is 0 Å². The van der Waals surface area contributed by atoms with Gasteiger partial charge in [0.2, 0.25) is 0 Å². The molecule has 0 saturated heterocycles. The zero-order valence-corrected chi connectivity index (χ0v) is 8.25. The molecular formula is C9H6N4S. The van der Waals surface area contributed by atoms with E-state index in [2.05, 4.69) is 15.0 Å². The second-order valence-corrected chi connectivity index (χ2v) is 3.64. The zero-order chi connectivity index (χ0) is 9.97. The molecule has 2 aromatic heterocycles. The summed E-state index contributed by atoms with van der Waals surface area (Å²) in [6.45, 7) is 1.86. The van der Waals surface area contributed by atoms with Gasteiger partial charge in [0.15, 0.2) is 5.01 Å². The largest absolute Gasteiger partial charge is 0.261 e. The van der Waals surface area contributed by atoms with Crippen molar-refractivity contribution in [2.45, 2.75) is 6.92 Å². The highest BCUT2D eigenvalue weighted by atomic mass is 32.1. The van der Waals surface area contributed by atoms with Crippen molar-refractivity contribution in [3.05, 3.63) is 29.3 Å². The molecule has 68 valence electrons. The van der Waals surface area contributed by atoms with Gasteiger partial charge in [-0.2, -0.15) is 5.26 Å². The maximum Gasteiger partial charge on any atom is 0.195 e. The highest BCUT2D eigenvalue weighted by molar-refractivity contribution is 7.15. The molecule has 0 amide bonds. The number of thiazole rings is 1. The van der Waals surface area contributed by atoms with Crippen LogP contribution in [0.25, 0.3) is 10.6 Å². The lowest BCUT2D eigenvalue weighted by Crippen LogP contribution is -1.83. The minimum atomic E-state index is 0.461. The van der Waals surface area contributed by atoms with Crippen LogP contribution in [0.1, 0.15) is 10.7 Å². The smallest absolute Gasteiger partial charge is 0.195 e. The van der Waals surface area contributed by atoms with Gasteiger partial charge in [0.05, 0.1) is 16.8 Å². The fourth-order valence-electron chi connectivity index (χ4n) is 1.10. The minimum Gasteiger partial charge on any atom is -0.261 e. The molecule has 2 aromatic rings. The number of aromatic nitrogens is 3. The summed E-state index contributed by atoms with van der Waals surface area (Å²) in [5, 5.41) is 9.15. The first kappa shape index (κ1) is 8.78. The van der Waals surface area contributed by atoms with E-state index in [1.807, 2.05) is 13.0 Å². The van der Waals surface area contributed by atoms with Crippen molar-refractivity contribution in [2.75, 3.05) is 0 Å². The Balaban J connectivity index is 2.53. The first-order chi connectivity index (χ1) is 6.81. The van der Waals surface area contributed by atoms with Gasteiger partial charge in [-0.15, -0.1) is 11.3 Å². The van der Waals surface area contributed by atoms with E-state index in [-0.39, 0.29) is 0 Å². The summed E-state index contributed by atoms with van der Waals surface area (Å²) in [7, 11) is 0. The molecule has 2 heterocycles. The van der Waals surface area contributed by atoms with Crippen LogP contribution in [-0.4, -0.2) is 15.0 Å². The number of nitrogens with zero attached hydrogens (tertiary/aromatic N) is 4. The fraction of sp³-hybridized carbons (Fsp3) is 0.111. The van der Waals surface area contributed by atoms with Crippen molar-refractivity contribution in [2.24, 2.45) is 0 Å². The number of nitriles is 1. The molecule has 0 atom stereocenters. The fourth-order valence-corrected chi connectivity index (χ4v) is 1.92. The van der Waals surface area contributed by atoms with Crippen molar-refractivity contribution in [1.29, 1.82) is 5.26 Å². The average Bonchev–Trinajstić information content (AvgIpc) is 2.61. The van der Waals surface area contributed by atoms with Crippen molar-refractivity contribution >= 4 is 11.3 Å². The van der Waals surface area contributed by atoms with Crippen LogP contribution in [0, 0.1) is 18.3 Å². The van der Waals surface area contributed by atoms with Crippen LogP contribution in [0.15, 0.2) is 18.6 Å². The van der Waals surface area contributed by atoms with Crippen LogP contribution in [0.4, 0.5) is 0 Å². The lowest BCUT2D eigenvalue weighted by Gasteiger charge is -1.94. The summed E-state index contributed by atoms with van der Waals surface area (Å²) < 4.78 is 0. The third-order valence-electron chi connectivity index (χ3n) is 1.69. The van der Waals surface area contributed by atoms with Gasteiger partial charge in [0, 0.05) is 12.4 Å². The lowest BCUT2D eigenvalue weighted by molar-refractivity contribution is 1.19. The molecule has 2 rings (SSSR count). The van der Waals surface area contributed by atoms with Gasteiger partial charge in [-0.1, -0.05) is 0 Å². The topological polar surface area (TPSA) is 62.5 Å². The van der Waals surface area contributed by atoms with Crippen LogP contribution in [0.3, 0.4) is 0 Å². The Labute approximate surface area is 84.9 Å². The molecule has 0 saturated carbocycles. The first-order valence-corrected chi connectivity index (χ1v) is 4.77. The third-order valence-corrected chi connectivity index (χ3v) is 2.77. The van der Waals surface area contributed by atoms with E-state index in [0.717, 1.165) is 16.3 Å². The van der Waals surface area contributed by atoms with E-state index in [0.29, 0.717) is 5.01 Å². The zero-order valence-electron chi connectivity index (χ0n) is 7.43. The third kappa shape index (κ3) is 1.47. The first-order valence-electron chi connectivity index (χ1n) is 3.95. The predicted octanol–water partition coefficient (Wildman–Crippen LogP) is 1.78. The molecule has 0 radical (unpaired) electrons. The van der Waals surface area contributed by atoms with E-state index in [1.54, 1.807) is 18.6 Å². The molecule has 0 N–H and O–H groups in total. The van der Waals surface area contributed by atoms with E-state index < -0.39 is 0 Å². The van der Waals surface area contributed by atoms with Crippen molar-refractivity contribution in [1.82, 2.24) is 15.0 Å².